The van der Waals surface area contributed by atoms with Crippen LogP contribution in [0.25, 0.3) is 0 Å². The number of carbonyl (C=O) groups excluding carboxylic acids is 6. The zero-order valence-electron chi connectivity index (χ0n) is 45.9. The average Bonchev–Trinajstić information content (AvgIpc) is 4.16. The van der Waals surface area contributed by atoms with Gasteiger partial charge in [-0.05, 0) is 128 Å². The van der Waals surface area contributed by atoms with Gasteiger partial charge < -0.3 is 28.9 Å². The Bertz CT molecular complexity index is 2660. The summed E-state index contributed by atoms with van der Waals surface area (Å²) in [6.07, 6.45) is -1.85. The molecule has 76 heavy (non-hydrogen) atoms. The number of fused-ring (bicyclic) bond motifs is 3. The van der Waals surface area contributed by atoms with Crippen molar-refractivity contribution in [3.63, 3.8) is 0 Å². The van der Waals surface area contributed by atoms with E-state index in [4.69, 9.17) is 29.2 Å². The Labute approximate surface area is 465 Å². The van der Waals surface area contributed by atoms with E-state index in [1.807, 2.05) is 67.6 Å². The zero-order valence-corrected chi connectivity index (χ0v) is 49.9. The van der Waals surface area contributed by atoms with Crippen molar-refractivity contribution in [3.8, 4) is 0 Å². The maximum Gasteiger partial charge on any atom is 0.414 e. The third-order valence-corrected chi connectivity index (χ3v) is 17.2. The predicted molar refractivity (Wildman–Crippen MR) is 297 cm³/mol. The summed E-state index contributed by atoms with van der Waals surface area (Å²) in [5, 5.41) is 13.9. The molecule has 6 aliphatic heterocycles. The third-order valence-electron chi connectivity index (χ3n) is 13.2. The monoisotopic (exact) mass is 1170 g/mol. The molecule has 3 fully saturated rings. The number of thiophene rings is 3. The molecule has 0 aliphatic carbocycles. The number of ether oxygens (including phenoxy) is 3. The van der Waals surface area contributed by atoms with Crippen LogP contribution in [-0.4, -0.2) is 182 Å². The van der Waals surface area contributed by atoms with E-state index in [1.54, 1.807) is 117 Å². The maximum atomic E-state index is 13.0. The fourth-order valence-corrected chi connectivity index (χ4v) is 13.6. The molecule has 0 aromatic carbocycles. The van der Waals surface area contributed by atoms with Crippen molar-refractivity contribution in [3.05, 3.63) is 65.6 Å². The summed E-state index contributed by atoms with van der Waals surface area (Å²) in [6, 6.07) is 9.94. The summed E-state index contributed by atoms with van der Waals surface area (Å²) >= 11 is 8.22. The SMILES string of the molecule is CN1CC2C(=O)N(C)C(NC(=O)OC(C)(C)C)=N[C@@]2(c2cc(Br)cs2)C1.CN1CC2C(=O)N(C)C(NC(=O)OC(C)(C)C)=N[C@@]2(c2cccs2)C1.CN1CC2C(=O)N(C)C(NC(=O)OC(C)(C)C)=N[C@]2(c2cccs2)C1. The molecule has 6 aliphatic rings. The number of hydrogen-bond acceptors (Lipinski definition) is 18. The van der Waals surface area contributed by atoms with E-state index < -0.39 is 51.7 Å². The Hall–Kier alpha value is -5.31. The van der Waals surface area contributed by atoms with E-state index >= 15 is 0 Å². The molecule has 3 unspecified atom stereocenters. The van der Waals surface area contributed by atoms with Crippen LogP contribution in [0, 0.1) is 17.8 Å². The molecule has 0 spiro atoms. The van der Waals surface area contributed by atoms with Crippen LogP contribution in [0.15, 0.2) is 65.9 Å². The van der Waals surface area contributed by atoms with Gasteiger partial charge in [0.2, 0.25) is 35.6 Å². The molecule has 9 heterocycles. The van der Waals surface area contributed by atoms with Crippen LogP contribution in [0.5, 0.6) is 0 Å². The number of halogens is 1. The molecule has 21 nitrogen and oxygen atoms in total. The van der Waals surface area contributed by atoms with Gasteiger partial charge in [0.05, 0.1) is 17.8 Å². The molecule has 3 aromatic rings. The second-order valence-corrected chi connectivity index (χ2v) is 26.7. The summed E-state index contributed by atoms with van der Waals surface area (Å²) in [7, 11) is 10.8. The van der Waals surface area contributed by atoms with E-state index in [-0.39, 0.29) is 53.4 Å². The highest BCUT2D eigenvalue weighted by atomic mass is 79.9. The summed E-state index contributed by atoms with van der Waals surface area (Å²) in [6.45, 7) is 19.9. The fourth-order valence-electron chi connectivity index (χ4n) is 10.2. The molecule has 3 N–H and O–H groups in total. The molecular formula is C51H71BrN12O9S3. The molecule has 6 atom stereocenters. The van der Waals surface area contributed by atoms with E-state index in [0.29, 0.717) is 39.3 Å². The van der Waals surface area contributed by atoms with E-state index in [2.05, 4.69) is 46.6 Å². The smallest absolute Gasteiger partial charge is 0.414 e. The van der Waals surface area contributed by atoms with Crippen molar-refractivity contribution in [2.75, 3.05) is 81.6 Å². The first-order chi connectivity index (χ1) is 35.3. The minimum Gasteiger partial charge on any atom is -0.444 e. The van der Waals surface area contributed by atoms with Gasteiger partial charge in [0.15, 0.2) is 0 Å². The molecule has 414 valence electrons. The lowest BCUT2D eigenvalue weighted by molar-refractivity contribution is -0.133. The van der Waals surface area contributed by atoms with Crippen LogP contribution in [0.3, 0.4) is 0 Å². The highest BCUT2D eigenvalue weighted by molar-refractivity contribution is 9.10. The van der Waals surface area contributed by atoms with Gasteiger partial charge in [-0.25, -0.2) is 29.4 Å². The quantitative estimate of drug-likeness (QED) is 0.245. The Kier molecular flexibility index (Phi) is 16.8. The minimum atomic E-state index is -0.695. The lowest BCUT2D eigenvalue weighted by atomic mass is 9.84. The number of likely N-dealkylation sites (tertiary alicyclic amines) is 3. The number of nitrogens with one attached hydrogen (secondary N) is 3. The third kappa shape index (κ3) is 12.5. The van der Waals surface area contributed by atoms with Gasteiger partial charge in [-0.15, -0.1) is 34.0 Å². The molecule has 3 saturated heterocycles. The number of nitrogens with zero attached hydrogens (tertiary/aromatic N) is 9. The maximum absolute atomic E-state index is 13.0. The van der Waals surface area contributed by atoms with Crippen LogP contribution < -0.4 is 16.0 Å². The Balaban J connectivity index is 0.000000166. The van der Waals surface area contributed by atoms with Crippen molar-refractivity contribution in [1.29, 1.82) is 0 Å². The number of hydrogen-bond donors (Lipinski definition) is 3. The second kappa shape index (κ2) is 21.8. The van der Waals surface area contributed by atoms with Gasteiger partial charge in [-0.2, -0.15) is 0 Å². The second-order valence-electron chi connectivity index (χ2n) is 23.0. The van der Waals surface area contributed by atoms with Crippen LogP contribution in [0.1, 0.15) is 76.9 Å². The van der Waals surface area contributed by atoms with Gasteiger partial charge in [0, 0.05) is 84.9 Å². The topological polar surface area (TPSA) is 223 Å². The molecule has 25 heteroatoms. The fraction of sp³-hybridized carbons (Fsp3) is 0.588. The molecule has 0 bridgehead atoms. The predicted octanol–water partition coefficient (Wildman–Crippen LogP) is 6.34. The van der Waals surface area contributed by atoms with Crippen LogP contribution in [0.2, 0.25) is 0 Å². The van der Waals surface area contributed by atoms with E-state index in [1.165, 1.54) is 14.7 Å². The molecule has 0 saturated carbocycles. The number of aliphatic imine (C=N–C) groups is 3. The first-order valence-electron chi connectivity index (χ1n) is 24.8. The molecule has 9 rings (SSSR count). The number of amides is 6. The van der Waals surface area contributed by atoms with Gasteiger partial charge in [-0.1, -0.05) is 12.1 Å². The standard InChI is InChI=1S/C17H23BrN4O3S.2C17H24N4O3S/c1-16(2,3)25-15(24)19-14-20-17(12-6-10(18)8-26-12)9-21(4)7-11(17)13(23)22(14)5;2*1-16(2,3)24-15(23)18-14-19-17(12-7-6-8-25-12)10-20(4)9-11(17)13(22)21(14)5/h6,8,11H,7,9H2,1-5H3,(H,19,20,24);2*6-8,11H,9-10H2,1-5H3,(H,18,19,23)/t3*11?,17-/m010/s1. The Morgan fingerprint density at radius 2 is 0.842 bits per heavy atom. The van der Waals surface area contributed by atoms with E-state index in [0.717, 1.165) is 19.1 Å². The molecular weight excluding hydrogens is 1100 g/mol. The first-order valence-corrected chi connectivity index (χ1v) is 28.2. The van der Waals surface area contributed by atoms with Crippen molar-refractivity contribution >= 4 is 104 Å². The number of rotatable bonds is 3. The largest absolute Gasteiger partial charge is 0.444 e. The summed E-state index contributed by atoms with van der Waals surface area (Å²) < 4.78 is 16.9. The number of likely N-dealkylation sites (N-methyl/N-ethyl adjacent to an activating group) is 3. The Morgan fingerprint density at radius 1 is 0.539 bits per heavy atom. The molecule has 0 radical (unpaired) electrons. The van der Waals surface area contributed by atoms with Crippen molar-refractivity contribution < 1.29 is 43.0 Å². The normalized spacial score (nSPS) is 26.9. The van der Waals surface area contributed by atoms with Crippen LogP contribution >= 0.6 is 49.9 Å². The summed E-state index contributed by atoms with van der Waals surface area (Å²) in [5.74, 6) is -0.251. The lowest BCUT2D eigenvalue weighted by Crippen LogP contribution is -2.56. The van der Waals surface area contributed by atoms with Crippen LogP contribution in [0.4, 0.5) is 14.4 Å². The van der Waals surface area contributed by atoms with Gasteiger partial charge in [0.1, 0.15) is 33.4 Å². The highest BCUT2D eigenvalue weighted by Crippen LogP contribution is 2.48. The number of alkyl carbamates (subject to hydrolysis) is 3. The number of guanidine groups is 3. The first kappa shape index (κ1) is 58.4. The minimum absolute atomic E-state index is 0.0428. The Morgan fingerprint density at radius 3 is 1.09 bits per heavy atom. The van der Waals surface area contributed by atoms with Gasteiger partial charge in [-0.3, -0.25) is 45.0 Å². The van der Waals surface area contributed by atoms with E-state index in [9.17, 15) is 28.8 Å². The van der Waals surface area contributed by atoms with Crippen molar-refractivity contribution in [1.82, 2.24) is 45.3 Å². The molecule has 6 amide bonds. The summed E-state index contributed by atoms with van der Waals surface area (Å²) in [4.78, 5) is 104. The number of carbonyl (C=O) groups is 6. The summed E-state index contributed by atoms with van der Waals surface area (Å²) in [5.41, 5.74) is -3.88. The lowest BCUT2D eigenvalue weighted by Gasteiger charge is -2.38. The highest BCUT2D eigenvalue weighted by Gasteiger charge is 2.58. The van der Waals surface area contributed by atoms with Crippen molar-refractivity contribution in [2.45, 2.75) is 95.7 Å². The van der Waals surface area contributed by atoms with Gasteiger partial charge in [0.25, 0.3) is 0 Å². The average molecular weight is 1170 g/mol. The van der Waals surface area contributed by atoms with Crippen molar-refractivity contribution in [2.24, 2.45) is 32.7 Å². The zero-order chi connectivity index (χ0) is 56.1. The molecule has 3 aromatic heterocycles. The van der Waals surface area contributed by atoms with Crippen LogP contribution in [-0.2, 0) is 45.2 Å². The van der Waals surface area contributed by atoms with Gasteiger partial charge >= 0.3 is 18.3 Å².